The molecule has 7 nitrogen and oxygen atoms in total. The summed E-state index contributed by atoms with van der Waals surface area (Å²) in [5, 5.41) is 2.30. The van der Waals surface area contributed by atoms with Crippen molar-refractivity contribution in [1.82, 2.24) is 20.3 Å². The van der Waals surface area contributed by atoms with E-state index in [1.807, 2.05) is 6.07 Å². The van der Waals surface area contributed by atoms with Gasteiger partial charge in [0.05, 0.1) is 27.6 Å². The van der Waals surface area contributed by atoms with Gasteiger partial charge in [-0.05, 0) is 18.2 Å². The lowest BCUT2D eigenvalue weighted by molar-refractivity contribution is -0.145. The minimum atomic E-state index is -4.82. The molecule has 33 heavy (non-hydrogen) atoms. The Morgan fingerprint density at radius 2 is 1.64 bits per heavy atom. The van der Waals surface area contributed by atoms with Gasteiger partial charge in [0.15, 0.2) is 0 Å². The first-order valence-corrected chi connectivity index (χ1v) is 10.1. The number of hydrogen-bond donors (Lipinski definition) is 1. The number of carbonyl (C=O) groups excluding carboxylic acids is 1. The molecule has 2 aromatic heterocycles. The SMILES string of the molecule is O=C(NCc1cc(S(=O)(=O)c2cc#cc(C(F)(F)F)c2)ccn1)c1cnc(C(F)(F)F)nc1. The van der Waals surface area contributed by atoms with Crippen molar-refractivity contribution in [3.63, 3.8) is 0 Å². The Bertz CT molecular complexity index is 1280. The molecule has 3 aromatic rings. The fourth-order valence-corrected chi connectivity index (χ4v) is 3.72. The number of hydrogen-bond acceptors (Lipinski definition) is 6. The number of halogens is 6. The molecular weight excluding hydrogens is 478 g/mol. The predicted molar refractivity (Wildman–Crippen MR) is 97.0 cm³/mol. The summed E-state index contributed by atoms with van der Waals surface area (Å²) in [7, 11) is -4.38. The maximum Gasteiger partial charge on any atom is 0.451 e. The molecule has 0 aliphatic rings. The molecule has 3 rings (SSSR count). The van der Waals surface area contributed by atoms with Crippen molar-refractivity contribution >= 4 is 15.7 Å². The van der Waals surface area contributed by atoms with Gasteiger partial charge in [-0.3, -0.25) is 9.78 Å². The Labute approximate surface area is 182 Å². The molecule has 0 bridgehead atoms. The molecular formula is C19H10F6N4O3S. The smallest absolute Gasteiger partial charge is 0.346 e. The van der Waals surface area contributed by atoms with Gasteiger partial charge in [-0.1, -0.05) is 12.1 Å². The number of sulfone groups is 1. The van der Waals surface area contributed by atoms with Crippen molar-refractivity contribution in [1.29, 1.82) is 0 Å². The molecule has 2 heterocycles. The van der Waals surface area contributed by atoms with Gasteiger partial charge in [-0.15, -0.1) is 0 Å². The van der Waals surface area contributed by atoms with E-state index in [1.165, 1.54) is 0 Å². The third kappa shape index (κ3) is 5.55. The molecule has 0 saturated heterocycles. The monoisotopic (exact) mass is 488 g/mol. The van der Waals surface area contributed by atoms with Crippen molar-refractivity contribution in [2.45, 2.75) is 28.7 Å². The molecule has 0 fully saturated rings. The molecule has 172 valence electrons. The van der Waals surface area contributed by atoms with E-state index in [4.69, 9.17) is 0 Å². The number of nitrogens with zero attached hydrogens (tertiary/aromatic N) is 3. The van der Waals surface area contributed by atoms with Crippen molar-refractivity contribution in [3.05, 3.63) is 77.6 Å². The van der Waals surface area contributed by atoms with E-state index >= 15 is 0 Å². The summed E-state index contributed by atoms with van der Waals surface area (Å²) in [6.45, 7) is -0.342. The van der Waals surface area contributed by atoms with Crippen LogP contribution in [0, 0.1) is 12.1 Å². The summed E-state index contributed by atoms with van der Waals surface area (Å²) in [6, 6.07) is 7.14. The Hall–Kier alpha value is -3.73. The summed E-state index contributed by atoms with van der Waals surface area (Å²) < 4.78 is 101. The van der Waals surface area contributed by atoms with Gasteiger partial charge >= 0.3 is 12.4 Å². The van der Waals surface area contributed by atoms with Crippen LogP contribution in [0.25, 0.3) is 0 Å². The van der Waals surface area contributed by atoms with Gasteiger partial charge in [-0.2, -0.15) is 26.3 Å². The Kier molecular flexibility index (Phi) is 6.28. The molecule has 1 N–H and O–H groups in total. The van der Waals surface area contributed by atoms with Gasteiger partial charge in [0.2, 0.25) is 15.7 Å². The molecule has 1 amide bonds. The van der Waals surface area contributed by atoms with Gasteiger partial charge in [0.25, 0.3) is 5.91 Å². The van der Waals surface area contributed by atoms with Crippen LogP contribution in [0.4, 0.5) is 26.3 Å². The van der Waals surface area contributed by atoms with Crippen LogP contribution in [0.1, 0.15) is 27.4 Å². The fourth-order valence-electron chi connectivity index (χ4n) is 2.43. The normalized spacial score (nSPS) is 12.2. The predicted octanol–water partition coefficient (Wildman–Crippen LogP) is 3.27. The van der Waals surface area contributed by atoms with Crippen LogP contribution >= 0.6 is 0 Å². The molecule has 1 aromatic carbocycles. The third-order valence-electron chi connectivity index (χ3n) is 4.02. The molecule has 0 unspecified atom stereocenters. The largest absolute Gasteiger partial charge is 0.451 e. The van der Waals surface area contributed by atoms with Crippen LogP contribution in [0.2, 0.25) is 0 Å². The molecule has 14 heteroatoms. The number of pyridine rings is 1. The highest BCUT2D eigenvalue weighted by Crippen LogP contribution is 2.30. The highest BCUT2D eigenvalue weighted by atomic mass is 32.2. The van der Waals surface area contributed by atoms with E-state index in [9.17, 15) is 39.6 Å². The molecule has 0 spiro atoms. The molecule has 0 aliphatic carbocycles. The average molecular weight is 488 g/mol. The quantitative estimate of drug-likeness (QED) is 0.554. The van der Waals surface area contributed by atoms with Crippen LogP contribution in [-0.4, -0.2) is 29.3 Å². The Morgan fingerprint density at radius 1 is 0.970 bits per heavy atom. The fraction of sp³-hybridized carbons (Fsp3) is 0.158. The van der Waals surface area contributed by atoms with Crippen LogP contribution in [-0.2, 0) is 28.7 Å². The van der Waals surface area contributed by atoms with Gasteiger partial charge in [0, 0.05) is 24.7 Å². The first-order chi connectivity index (χ1) is 15.3. The summed E-state index contributed by atoms with van der Waals surface area (Å²) in [4.78, 5) is 21.0. The van der Waals surface area contributed by atoms with Crippen LogP contribution < -0.4 is 5.32 Å². The average Bonchev–Trinajstić information content (AvgIpc) is 2.76. The van der Waals surface area contributed by atoms with Crippen molar-refractivity contribution in [2.24, 2.45) is 0 Å². The van der Waals surface area contributed by atoms with E-state index in [2.05, 4.69) is 20.3 Å². The number of nitrogens with one attached hydrogen (secondary N) is 1. The highest BCUT2D eigenvalue weighted by molar-refractivity contribution is 7.91. The van der Waals surface area contributed by atoms with Crippen molar-refractivity contribution in [2.75, 3.05) is 0 Å². The number of carbonyl (C=O) groups is 1. The number of amides is 1. The second kappa shape index (κ2) is 8.66. The molecule has 0 atom stereocenters. The number of alkyl halides is 6. The lowest BCUT2D eigenvalue weighted by atomic mass is 10.2. The summed E-state index contributed by atoms with van der Waals surface area (Å²) in [5.41, 5.74) is -1.59. The highest BCUT2D eigenvalue weighted by Gasteiger charge is 2.34. The van der Waals surface area contributed by atoms with E-state index in [-0.39, 0.29) is 17.8 Å². The number of aromatic nitrogens is 3. The zero-order valence-corrected chi connectivity index (χ0v) is 16.8. The first kappa shape index (κ1) is 23.9. The first-order valence-electron chi connectivity index (χ1n) is 8.66. The minimum Gasteiger partial charge on any atom is -0.346 e. The van der Waals surface area contributed by atoms with E-state index in [0.717, 1.165) is 24.4 Å². The van der Waals surface area contributed by atoms with Gasteiger partial charge in [0.1, 0.15) is 5.56 Å². The maximum absolute atomic E-state index is 12.9. The summed E-state index contributed by atoms with van der Waals surface area (Å²) in [6.07, 6.45) is -7.20. The van der Waals surface area contributed by atoms with Crippen LogP contribution in [0.3, 0.4) is 0 Å². The summed E-state index contributed by atoms with van der Waals surface area (Å²) >= 11 is 0. The second-order valence-electron chi connectivity index (χ2n) is 6.33. The Balaban J connectivity index is 1.77. The minimum absolute atomic E-state index is 0.0137. The zero-order chi connectivity index (χ0) is 24.4. The maximum atomic E-state index is 12.9. The van der Waals surface area contributed by atoms with E-state index < -0.39 is 49.3 Å². The Morgan fingerprint density at radius 3 is 2.24 bits per heavy atom. The van der Waals surface area contributed by atoms with Crippen LogP contribution in [0.15, 0.2) is 52.6 Å². The molecule has 0 radical (unpaired) electrons. The number of rotatable bonds is 5. The van der Waals surface area contributed by atoms with Crippen molar-refractivity contribution in [3.8, 4) is 0 Å². The topological polar surface area (TPSA) is 102 Å². The molecule has 0 aliphatic heterocycles. The lowest BCUT2D eigenvalue weighted by Crippen LogP contribution is -2.24. The molecule has 0 saturated carbocycles. The zero-order valence-electron chi connectivity index (χ0n) is 16.0. The van der Waals surface area contributed by atoms with Crippen molar-refractivity contribution < 1.29 is 39.6 Å². The van der Waals surface area contributed by atoms with Gasteiger partial charge in [-0.25, -0.2) is 18.4 Å². The lowest BCUT2D eigenvalue weighted by Gasteiger charge is -2.09. The second-order valence-corrected chi connectivity index (χ2v) is 8.28. The summed E-state index contributed by atoms with van der Waals surface area (Å²) in [5.74, 6) is -2.29. The third-order valence-corrected chi connectivity index (χ3v) is 5.75. The van der Waals surface area contributed by atoms with E-state index in [0.29, 0.717) is 18.5 Å². The van der Waals surface area contributed by atoms with E-state index in [1.54, 1.807) is 6.07 Å². The van der Waals surface area contributed by atoms with Gasteiger partial charge < -0.3 is 5.32 Å². The van der Waals surface area contributed by atoms with Crippen LogP contribution in [0.5, 0.6) is 0 Å². The standard InChI is InChI=1S/C19H10F6N4O3S/c20-18(21,22)12-2-1-3-14(6-12)33(31,32)15-4-5-26-13(7-15)10-27-16(30)11-8-28-17(29-9-11)19(23,24)25/h3-9H,10H2,(H,27,30).